The molecule has 2 aromatic heterocycles. The van der Waals surface area contributed by atoms with E-state index in [1.54, 1.807) is 14.2 Å². The predicted molar refractivity (Wildman–Crippen MR) is 107 cm³/mol. The molecule has 11 heteroatoms. The van der Waals surface area contributed by atoms with Crippen LogP contribution >= 0.6 is 0 Å². The van der Waals surface area contributed by atoms with Gasteiger partial charge >= 0.3 is 0 Å². The number of tetrazole rings is 2. The molecule has 0 spiro atoms. The first kappa shape index (κ1) is 19.5. The van der Waals surface area contributed by atoms with E-state index in [9.17, 15) is 0 Å². The quantitative estimate of drug-likeness (QED) is 0.430. The fourth-order valence-electron chi connectivity index (χ4n) is 2.79. The minimum atomic E-state index is 0.419. The van der Waals surface area contributed by atoms with Gasteiger partial charge in [-0.05, 0) is 66.0 Å². The van der Waals surface area contributed by atoms with Gasteiger partial charge in [-0.3, -0.25) is 4.90 Å². The van der Waals surface area contributed by atoms with Gasteiger partial charge in [0.2, 0.25) is 11.6 Å². The molecule has 154 valence electrons. The molecule has 0 fully saturated rings. The zero-order valence-corrected chi connectivity index (χ0v) is 16.9. The summed E-state index contributed by atoms with van der Waals surface area (Å²) in [5, 5.41) is 25.3. The second-order valence-corrected chi connectivity index (χ2v) is 6.57. The summed E-state index contributed by atoms with van der Waals surface area (Å²) in [5.41, 5.74) is 1.73. The van der Waals surface area contributed by atoms with Gasteiger partial charge in [-0.1, -0.05) is 0 Å². The summed E-state index contributed by atoms with van der Waals surface area (Å²) in [6.45, 7) is 0.838. The SMILES string of the molecule is COc1ccc(-c2nnn(CN(C)Cn3nnc(-c4ccc(OC)cc4)n3)n2)cc1. The Morgan fingerprint density at radius 1 is 0.700 bits per heavy atom. The molecule has 4 rings (SSSR count). The highest BCUT2D eigenvalue weighted by atomic mass is 16.5. The number of rotatable bonds is 8. The van der Waals surface area contributed by atoms with Crippen molar-refractivity contribution in [2.24, 2.45) is 0 Å². The number of methoxy groups -OCH3 is 2. The van der Waals surface area contributed by atoms with Gasteiger partial charge in [0.05, 0.1) is 14.2 Å². The monoisotopic (exact) mass is 407 g/mol. The van der Waals surface area contributed by atoms with Crippen LogP contribution in [0.15, 0.2) is 48.5 Å². The van der Waals surface area contributed by atoms with Crippen molar-refractivity contribution in [2.75, 3.05) is 21.3 Å². The lowest BCUT2D eigenvalue weighted by molar-refractivity contribution is 0.168. The summed E-state index contributed by atoms with van der Waals surface area (Å²) in [4.78, 5) is 4.97. The Bertz CT molecular complexity index is 1000. The second kappa shape index (κ2) is 8.66. The molecule has 2 heterocycles. The Morgan fingerprint density at radius 2 is 1.10 bits per heavy atom. The highest BCUT2D eigenvalue weighted by molar-refractivity contribution is 5.55. The van der Waals surface area contributed by atoms with E-state index in [0.29, 0.717) is 25.0 Å². The summed E-state index contributed by atoms with van der Waals surface area (Å²) in [6, 6.07) is 15.0. The van der Waals surface area contributed by atoms with Crippen molar-refractivity contribution >= 4 is 0 Å². The third-order valence-electron chi connectivity index (χ3n) is 4.34. The Labute approximate surface area is 172 Å². The van der Waals surface area contributed by atoms with Gasteiger partial charge in [-0.25, -0.2) is 0 Å². The molecule has 11 nitrogen and oxygen atoms in total. The summed E-state index contributed by atoms with van der Waals surface area (Å²) in [7, 11) is 5.17. The van der Waals surface area contributed by atoms with Gasteiger partial charge in [-0.15, -0.1) is 30.0 Å². The van der Waals surface area contributed by atoms with Crippen molar-refractivity contribution in [3.05, 3.63) is 48.5 Å². The van der Waals surface area contributed by atoms with Gasteiger partial charge in [0.15, 0.2) is 0 Å². The second-order valence-electron chi connectivity index (χ2n) is 6.57. The molecule has 0 radical (unpaired) electrons. The normalized spacial score (nSPS) is 11.1. The fraction of sp³-hybridized carbons (Fsp3) is 0.263. The molecule has 0 N–H and O–H groups in total. The molecule has 0 saturated heterocycles. The maximum atomic E-state index is 5.17. The first-order valence-corrected chi connectivity index (χ1v) is 9.17. The van der Waals surface area contributed by atoms with Crippen LogP contribution in [0.1, 0.15) is 0 Å². The third kappa shape index (κ3) is 4.41. The third-order valence-corrected chi connectivity index (χ3v) is 4.34. The number of benzene rings is 2. The summed E-state index contributed by atoms with van der Waals surface area (Å²) in [6.07, 6.45) is 0. The minimum Gasteiger partial charge on any atom is -0.497 e. The lowest BCUT2D eigenvalue weighted by atomic mass is 10.2. The van der Waals surface area contributed by atoms with Crippen LogP contribution < -0.4 is 9.47 Å². The summed E-state index contributed by atoms with van der Waals surface area (Å²) in [5.74, 6) is 2.65. The van der Waals surface area contributed by atoms with E-state index in [-0.39, 0.29) is 0 Å². The summed E-state index contributed by atoms with van der Waals surface area (Å²) < 4.78 is 10.3. The Morgan fingerprint density at radius 3 is 1.47 bits per heavy atom. The highest BCUT2D eigenvalue weighted by Crippen LogP contribution is 2.19. The summed E-state index contributed by atoms with van der Waals surface area (Å²) >= 11 is 0. The molecule has 0 saturated carbocycles. The molecule has 2 aromatic carbocycles. The van der Waals surface area contributed by atoms with E-state index in [2.05, 4.69) is 30.8 Å². The molecule has 0 unspecified atom stereocenters. The molecule has 0 aliphatic carbocycles. The van der Waals surface area contributed by atoms with Crippen molar-refractivity contribution in [1.82, 2.24) is 45.3 Å². The number of ether oxygens (including phenoxy) is 2. The molecule has 0 atom stereocenters. The molecular formula is C19H21N9O2. The van der Waals surface area contributed by atoms with Crippen LogP contribution in [0.2, 0.25) is 0 Å². The largest absolute Gasteiger partial charge is 0.497 e. The average Bonchev–Trinajstić information content (AvgIpc) is 3.44. The maximum Gasteiger partial charge on any atom is 0.204 e. The zero-order valence-electron chi connectivity index (χ0n) is 16.9. The smallest absolute Gasteiger partial charge is 0.204 e. The number of aromatic nitrogens is 8. The van der Waals surface area contributed by atoms with E-state index in [4.69, 9.17) is 9.47 Å². The van der Waals surface area contributed by atoms with Crippen LogP contribution in [-0.2, 0) is 13.3 Å². The van der Waals surface area contributed by atoms with Gasteiger partial charge in [0, 0.05) is 11.1 Å². The van der Waals surface area contributed by atoms with E-state index in [1.165, 1.54) is 9.59 Å². The van der Waals surface area contributed by atoms with Crippen LogP contribution in [0, 0.1) is 0 Å². The van der Waals surface area contributed by atoms with Gasteiger partial charge in [0.1, 0.15) is 24.8 Å². The van der Waals surface area contributed by atoms with Crippen LogP contribution in [0.5, 0.6) is 11.5 Å². The molecule has 0 bridgehead atoms. The Kier molecular flexibility index (Phi) is 5.61. The highest BCUT2D eigenvalue weighted by Gasteiger charge is 2.11. The number of nitrogens with zero attached hydrogens (tertiary/aromatic N) is 9. The predicted octanol–water partition coefficient (Wildman–Crippen LogP) is 1.56. The topological polar surface area (TPSA) is 109 Å². The van der Waals surface area contributed by atoms with Crippen molar-refractivity contribution < 1.29 is 9.47 Å². The lowest BCUT2D eigenvalue weighted by Gasteiger charge is -2.13. The first-order chi connectivity index (χ1) is 14.6. The molecule has 0 aliphatic heterocycles. The molecular weight excluding hydrogens is 386 g/mol. The van der Waals surface area contributed by atoms with Crippen LogP contribution in [-0.4, -0.2) is 66.6 Å². The van der Waals surface area contributed by atoms with Crippen molar-refractivity contribution in [3.63, 3.8) is 0 Å². The van der Waals surface area contributed by atoms with E-state index in [1.807, 2.05) is 60.5 Å². The van der Waals surface area contributed by atoms with Crippen molar-refractivity contribution in [3.8, 4) is 34.3 Å². The zero-order chi connectivity index (χ0) is 20.9. The van der Waals surface area contributed by atoms with Crippen molar-refractivity contribution in [1.29, 1.82) is 0 Å². The Balaban J connectivity index is 1.37. The molecule has 0 aliphatic rings. The molecule has 30 heavy (non-hydrogen) atoms. The molecule has 4 aromatic rings. The molecule has 0 amide bonds. The number of hydrogen-bond acceptors (Lipinski definition) is 9. The van der Waals surface area contributed by atoms with E-state index >= 15 is 0 Å². The number of hydrogen-bond donors (Lipinski definition) is 0. The van der Waals surface area contributed by atoms with Crippen molar-refractivity contribution in [2.45, 2.75) is 13.3 Å². The van der Waals surface area contributed by atoms with E-state index < -0.39 is 0 Å². The van der Waals surface area contributed by atoms with Crippen LogP contribution in [0.25, 0.3) is 22.8 Å². The average molecular weight is 407 g/mol. The van der Waals surface area contributed by atoms with Gasteiger partial charge in [0.25, 0.3) is 0 Å². The van der Waals surface area contributed by atoms with Gasteiger partial charge in [-0.2, -0.15) is 0 Å². The Hall–Kier alpha value is -3.86. The minimum absolute atomic E-state index is 0.419. The van der Waals surface area contributed by atoms with Gasteiger partial charge < -0.3 is 9.47 Å². The van der Waals surface area contributed by atoms with Crippen LogP contribution in [0.3, 0.4) is 0 Å². The lowest BCUT2D eigenvalue weighted by Crippen LogP contribution is -2.27. The van der Waals surface area contributed by atoms with E-state index in [0.717, 1.165) is 22.6 Å². The first-order valence-electron chi connectivity index (χ1n) is 9.17. The van der Waals surface area contributed by atoms with Crippen LogP contribution in [0.4, 0.5) is 0 Å². The fourth-order valence-corrected chi connectivity index (χ4v) is 2.79. The standard InChI is InChI=1S/C19H21N9O2/c1-26(12-27-22-18(20-24-27)14-4-8-16(29-2)9-5-14)13-28-23-19(21-25-28)15-6-10-17(30-3)11-7-15/h4-11H,12-13H2,1-3H3. The maximum absolute atomic E-state index is 5.17.